The number of rotatable bonds is 16. The molecule has 0 saturated heterocycles. The van der Waals surface area contributed by atoms with Crippen molar-refractivity contribution in [2.75, 3.05) is 9.80 Å². The molecule has 0 N–H and O–H groups in total. The zero-order chi connectivity index (χ0) is 74.8. The largest absolute Gasteiger partial charge is 0.311 e. The van der Waals surface area contributed by atoms with Gasteiger partial charge in [-0.3, -0.25) is 0 Å². The smallest absolute Gasteiger partial charge is 0.252 e. The Labute approximate surface area is 642 Å². The van der Waals surface area contributed by atoms with E-state index in [0.29, 0.717) is 34.9 Å². The highest BCUT2D eigenvalue weighted by molar-refractivity contribution is 7.00. The summed E-state index contributed by atoms with van der Waals surface area (Å²) in [5.41, 5.74) is 29.3. The number of hydrogen-bond donors (Lipinski definition) is 0. The molecule has 0 atom stereocenters. The molecule has 8 nitrogen and oxygen atoms in total. The zero-order valence-electron chi connectivity index (χ0n) is 63.8. The predicted molar refractivity (Wildman–Crippen MR) is 457 cm³/mol. The molecule has 2 aromatic heterocycles. The lowest BCUT2D eigenvalue weighted by Crippen LogP contribution is -2.61. The third kappa shape index (κ3) is 13.2. The minimum absolute atomic E-state index is 0.239. The molecule has 109 heavy (non-hydrogen) atoms. The first-order valence-corrected chi connectivity index (χ1v) is 38.5. The molecular formula is C100H87BN8. The van der Waals surface area contributed by atoms with Crippen LogP contribution in [-0.4, -0.2) is 36.6 Å². The zero-order valence-corrected chi connectivity index (χ0v) is 63.8. The van der Waals surface area contributed by atoms with Crippen LogP contribution in [0.25, 0.3) is 113 Å². The first-order valence-electron chi connectivity index (χ1n) is 38.5. The van der Waals surface area contributed by atoms with E-state index in [2.05, 4.69) is 389 Å². The summed E-state index contributed by atoms with van der Waals surface area (Å²) < 4.78 is 0. The fourth-order valence-corrected chi connectivity index (χ4v) is 15.8. The van der Waals surface area contributed by atoms with Gasteiger partial charge < -0.3 is 9.80 Å². The molecule has 0 saturated carbocycles. The van der Waals surface area contributed by atoms with Gasteiger partial charge in [0.2, 0.25) is 0 Å². The van der Waals surface area contributed by atoms with Gasteiger partial charge in [0, 0.05) is 45.0 Å². The molecule has 2 aliphatic heterocycles. The van der Waals surface area contributed by atoms with Gasteiger partial charge in [-0.1, -0.05) is 343 Å². The SMILES string of the molecule is CC(C)c1cc(-c2ccc3c(c2-c2nc(-c4ccccc4)nc(-c4ccccc4)n2)N(c2ccc(-c4ccccc4)cc2)c2cc(C(C)(C)C)cc4c2B3c2ccc(-c3cc(C(C)C)cc(C(C)C)c3)c(-c3nc(-c5ccccc5)nc(-c5ccccc5)n3)c2N4c2ccc(-c3ccccc3)cc2)cc(C(C)C)c1. The Bertz CT molecular complexity index is 5360. The lowest BCUT2D eigenvalue weighted by atomic mass is 9.33. The van der Waals surface area contributed by atoms with E-state index < -0.39 is 6.71 Å². The number of hydrogen-bond acceptors (Lipinski definition) is 8. The van der Waals surface area contributed by atoms with Crippen LogP contribution in [0.15, 0.2) is 303 Å². The molecular weight excluding hydrogens is 1320 g/mol. The molecule has 2 aliphatic rings. The molecule has 15 aromatic rings. The van der Waals surface area contributed by atoms with Gasteiger partial charge in [-0.05, 0) is 154 Å². The summed E-state index contributed by atoms with van der Waals surface area (Å²) in [5, 5.41) is 0. The standard InChI is InChI=1S/C100H87BN8/c1-62(2)74-54-75(63(3)4)57-78(56-74)83-50-52-85-92(89(83)98-104-94(70-34-22-14-23-35-70)102-95(105-98)71-36-24-15-25-37-71)108(81-46-42-68(43-47-81)66-30-18-12-19-31-66)87-60-80(100(9,10)11)61-88-91(87)101(85)86-53-51-84(79-58-76(64(5)6)55-77(59-79)65(7)8)90(93(86)109(88)82-48-44-69(45-49-82)67-32-20-13-21-33-67)99-106-96(72-38-26-16-27-39-72)103-97(107-99)73-40-28-17-29-41-73/h12-65H,1-11H3. The van der Waals surface area contributed by atoms with Crippen LogP contribution in [-0.2, 0) is 5.41 Å². The molecule has 530 valence electrons. The van der Waals surface area contributed by atoms with Crippen molar-refractivity contribution in [1.29, 1.82) is 0 Å². The topological polar surface area (TPSA) is 83.8 Å². The highest BCUT2D eigenvalue weighted by Gasteiger charge is 2.48. The molecule has 4 heterocycles. The first kappa shape index (κ1) is 69.6. The van der Waals surface area contributed by atoms with Gasteiger partial charge >= 0.3 is 0 Å². The summed E-state index contributed by atoms with van der Waals surface area (Å²) in [5.74, 6) is 4.40. The molecule has 0 aliphatic carbocycles. The van der Waals surface area contributed by atoms with Crippen LogP contribution < -0.4 is 26.2 Å². The summed E-state index contributed by atoms with van der Waals surface area (Å²) in [7, 11) is 0. The maximum absolute atomic E-state index is 5.84. The molecule has 0 radical (unpaired) electrons. The van der Waals surface area contributed by atoms with Gasteiger partial charge in [-0.25, -0.2) is 29.9 Å². The van der Waals surface area contributed by atoms with Gasteiger partial charge in [0.05, 0.1) is 22.5 Å². The lowest BCUT2D eigenvalue weighted by molar-refractivity contribution is 0.590. The average molecular weight is 1410 g/mol. The molecule has 0 unspecified atom stereocenters. The summed E-state index contributed by atoms with van der Waals surface area (Å²) in [4.78, 5) is 39.3. The van der Waals surface area contributed by atoms with Gasteiger partial charge in [0.1, 0.15) is 0 Å². The summed E-state index contributed by atoms with van der Waals surface area (Å²) in [6.45, 7) is 25.0. The molecule has 0 spiro atoms. The molecule has 13 aromatic carbocycles. The molecule has 17 rings (SSSR count). The van der Waals surface area contributed by atoms with Gasteiger partial charge in [-0.2, -0.15) is 0 Å². The summed E-state index contributed by atoms with van der Waals surface area (Å²) in [6.07, 6.45) is 0. The second-order valence-electron chi connectivity index (χ2n) is 31.4. The van der Waals surface area contributed by atoms with Gasteiger partial charge in [0.15, 0.2) is 34.9 Å². The highest BCUT2D eigenvalue weighted by atomic mass is 15.2. The van der Waals surface area contributed by atoms with E-state index in [1.807, 2.05) is 0 Å². The number of aromatic nitrogens is 6. The van der Waals surface area contributed by atoms with E-state index in [-0.39, 0.29) is 29.1 Å². The summed E-state index contributed by atoms with van der Waals surface area (Å²) >= 11 is 0. The monoisotopic (exact) mass is 1410 g/mol. The van der Waals surface area contributed by atoms with Gasteiger partial charge in [-0.15, -0.1) is 0 Å². The van der Waals surface area contributed by atoms with Crippen LogP contribution in [0.1, 0.15) is 128 Å². The summed E-state index contributed by atoms with van der Waals surface area (Å²) in [6, 6.07) is 111. The fraction of sp³-hybridized carbons (Fsp3) is 0.160. The van der Waals surface area contributed by atoms with Crippen molar-refractivity contribution in [3.8, 4) is 113 Å². The van der Waals surface area contributed by atoms with E-state index in [1.54, 1.807) is 0 Å². The van der Waals surface area contributed by atoms with Crippen molar-refractivity contribution >= 4 is 57.2 Å². The van der Waals surface area contributed by atoms with E-state index in [9.17, 15) is 0 Å². The second-order valence-corrected chi connectivity index (χ2v) is 31.4. The van der Waals surface area contributed by atoms with Crippen LogP contribution in [0.5, 0.6) is 0 Å². The van der Waals surface area contributed by atoms with E-state index >= 15 is 0 Å². The van der Waals surface area contributed by atoms with Crippen molar-refractivity contribution in [3.63, 3.8) is 0 Å². The Hall–Kier alpha value is -12.5. The molecule has 0 fully saturated rings. The second kappa shape index (κ2) is 28.7. The Morgan fingerprint density at radius 2 is 0.532 bits per heavy atom. The fourth-order valence-electron chi connectivity index (χ4n) is 15.8. The van der Waals surface area contributed by atoms with Crippen molar-refractivity contribution in [2.45, 2.75) is 105 Å². The Balaban J connectivity index is 1.07. The van der Waals surface area contributed by atoms with Crippen molar-refractivity contribution in [3.05, 3.63) is 331 Å². The van der Waals surface area contributed by atoms with Crippen molar-refractivity contribution < 1.29 is 0 Å². The minimum atomic E-state index is -0.432. The maximum Gasteiger partial charge on any atom is 0.252 e. The van der Waals surface area contributed by atoms with E-state index in [4.69, 9.17) is 29.9 Å². The third-order valence-electron chi connectivity index (χ3n) is 21.8. The lowest BCUT2D eigenvalue weighted by Gasteiger charge is -2.46. The molecule has 0 bridgehead atoms. The molecule has 9 heteroatoms. The number of fused-ring (bicyclic) bond motifs is 4. The van der Waals surface area contributed by atoms with Crippen molar-refractivity contribution in [2.24, 2.45) is 0 Å². The van der Waals surface area contributed by atoms with Gasteiger partial charge in [0.25, 0.3) is 6.71 Å². The van der Waals surface area contributed by atoms with Crippen LogP contribution >= 0.6 is 0 Å². The Morgan fingerprint density at radius 1 is 0.266 bits per heavy atom. The van der Waals surface area contributed by atoms with Crippen LogP contribution in [0.2, 0.25) is 0 Å². The first-order chi connectivity index (χ1) is 53.0. The Morgan fingerprint density at radius 3 is 0.807 bits per heavy atom. The predicted octanol–water partition coefficient (Wildman–Crippen LogP) is 24.6. The van der Waals surface area contributed by atoms with Crippen LogP contribution in [0.3, 0.4) is 0 Å². The maximum atomic E-state index is 5.84. The highest BCUT2D eigenvalue weighted by Crippen LogP contribution is 2.54. The quantitative estimate of drug-likeness (QED) is 0.0885. The third-order valence-corrected chi connectivity index (χ3v) is 21.8. The average Bonchev–Trinajstić information content (AvgIpc) is 0.682. The van der Waals surface area contributed by atoms with Crippen LogP contribution in [0.4, 0.5) is 34.1 Å². The Kier molecular flexibility index (Phi) is 18.3. The van der Waals surface area contributed by atoms with E-state index in [0.717, 1.165) is 134 Å². The number of benzene rings is 13. The number of anilines is 6. The number of nitrogens with zero attached hydrogens (tertiary/aromatic N) is 8. The minimum Gasteiger partial charge on any atom is -0.311 e. The molecule has 0 amide bonds. The van der Waals surface area contributed by atoms with E-state index in [1.165, 1.54) is 22.3 Å². The van der Waals surface area contributed by atoms with Crippen molar-refractivity contribution in [1.82, 2.24) is 29.9 Å². The normalized spacial score (nSPS) is 12.4. The van der Waals surface area contributed by atoms with Crippen LogP contribution in [0, 0.1) is 0 Å².